The van der Waals surface area contributed by atoms with E-state index in [2.05, 4.69) is 0 Å². The zero-order chi connectivity index (χ0) is 12.4. The van der Waals surface area contributed by atoms with Crippen LogP contribution in [0.1, 0.15) is 24.8 Å². The summed E-state index contributed by atoms with van der Waals surface area (Å²) in [5.74, 6) is 0.281. The topological polar surface area (TPSA) is 72.6 Å². The van der Waals surface area contributed by atoms with Crippen molar-refractivity contribution in [2.24, 2.45) is 0 Å². The number of rotatable bonds is 3. The van der Waals surface area contributed by atoms with Gasteiger partial charge >= 0.3 is 5.69 Å². The van der Waals surface area contributed by atoms with Crippen molar-refractivity contribution in [1.29, 1.82) is 0 Å². The number of hydrogen-bond acceptors (Lipinski definition) is 4. The van der Waals surface area contributed by atoms with E-state index in [1.165, 1.54) is 6.07 Å². The van der Waals surface area contributed by atoms with Crippen LogP contribution >= 0.6 is 0 Å². The zero-order valence-corrected chi connectivity index (χ0v) is 9.63. The summed E-state index contributed by atoms with van der Waals surface area (Å²) >= 11 is 0. The predicted molar refractivity (Wildman–Crippen MR) is 62.1 cm³/mol. The lowest BCUT2D eigenvalue weighted by Gasteiger charge is -2.18. The Kier molecular flexibility index (Phi) is 3.28. The third kappa shape index (κ3) is 2.39. The number of nitro groups is 1. The Morgan fingerprint density at radius 2 is 2.24 bits per heavy atom. The second-order valence-corrected chi connectivity index (χ2v) is 4.33. The molecule has 17 heavy (non-hydrogen) atoms. The minimum Gasteiger partial charge on any atom is -0.481 e. The highest BCUT2D eigenvalue weighted by molar-refractivity contribution is 5.51. The van der Waals surface area contributed by atoms with Gasteiger partial charge in [0.2, 0.25) is 0 Å². The molecule has 1 aliphatic carbocycles. The second kappa shape index (κ2) is 4.71. The molecule has 0 amide bonds. The standard InChI is InChI=1S/C12H15NO4/c1-8-4-2-5-9(13(15)16)12(8)17-11-7-3-6-10(11)14/h2,4-5,10-11,14H,3,6-7H2,1H3/t10-,11-/m0/s1. The molecule has 2 rings (SSSR count). The van der Waals surface area contributed by atoms with E-state index in [1.54, 1.807) is 19.1 Å². The third-order valence-corrected chi connectivity index (χ3v) is 3.07. The summed E-state index contributed by atoms with van der Waals surface area (Å²) < 4.78 is 5.62. The van der Waals surface area contributed by atoms with Crippen LogP contribution in [0.4, 0.5) is 5.69 Å². The maximum Gasteiger partial charge on any atom is 0.311 e. The first kappa shape index (κ1) is 11.9. The Hall–Kier alpha value is -1.62. The lowest BCUT2D eigenvalue weighted by Crippen LogP contribution is -2.26. The molecule has 1 N–H and O–H groups in total. The van der Waals surface area contributed by atoms with Crippen LogP contribution in [0.2, 0.25) is 0 Å². The highest BCUT2D eigenvalue weighted by atomic mass is 16.6. The summed E-state index contributed by atoms with van der Waals surface area (Å²) in [6.07, 6.45) is 1.49. The molecule has 0 saturated heterocycles. The van der Waals surface area contributed by atoms with E-state index in [1.807, 2.05) is 0 Å². The van der Waals surface area contributed by atoms with Crippen molar-refractivity contribution < 1.29 is 14.8 Å². The molecule has 92 valence electrons. The Morgan fingerprint density at radius 3 is 2.82 bits per heavy atom. The average Bonchev–Trinajstić information content (AvgIpc) is 2.67. The summed E-state index contributed by atoms with van der Waals surface area (Å²) in [5, 5.41) is 20.6. The Bertz CT molecular complexity index is 433. The summed E-state index contributed by atoms with van der Waals surface area (Å²) in [5.41, 5.74) is 0.683. The van der Waals surface area contributed by atoms with Crippen LogP contribution in [0.25, 0.3) is 0 Å². The summed E-state index contributed by atoms with van der Waals surface area (Å²) in [4.78, 5) is 10.4. The molecule has 5 heteroatoms. The monoisotopic (exact) mass is 237 g/mol. The molecule has 1 fully saturated rings. The van der Waals surface area contributed by atoms with Gasteiger partial charge in [0.05, 0.1) is 11.0 Å². The molecule has 0 bridgehead atoms. The molecular weight excluding hydrogens is 222 g/mol. The molecule has 0 aliphatic heterocycles. The van der Waals surface area contributed by atoms with E-state index in [4.69, 9.17) is 4.74 Å². The van der Waals surface area contributed by atoms with Gasteiger partial charge in [-0.25, -0.2) is 0 Å². The van der Waals surface area contributed by atoms with Crippen LogP contribution in [0.15, 0.2) is 18.2 Å². The molecule has 0 unspecified atom stereocenters. The number of benzene rings is 1. The predicted octanol–water partition coefficient (Wildman–Crippen LogP) is 2.20. The quantitative estimate of drug-likeness (QED) is 0.646. The molecule has 1 aromatic carbocycles. The number of nitro benzene ring substituents is 1. The molecule has 0 spiro atoms. The minimum atomic E-state index is -0.519. The summed E-state index contributed by atoms with van der Waals surface area (Å²) in [7, 11) is 0. The number of aryl methyl sites for hydroxylation is 1. The first-order chi connectivity index (χ1) is 8.09. The highest BCUT2D eigenvalue weighted by Crippen LogP contribution is 2.34. The van der Waals surface area contributed by atoms with Crippen LogP contribution in [0, 0.1) is 17.0 Å². The van der Waals surface area contributed by atoms with E-state index >= 15 is 0 Å². The van der Waals surface area contributed by atoms with E-state index in [0.29, 0.717) is 6.42 Å². The van der Waals surface area contributed by atoms with Gasteiger partial charge in [0, 0.05) is 6.07 Å². The van der Waals surface area contributed by atoms with Crippen LogP contribution in [0.5, 0.6) is 5.75 Å². The Labute approximate surface area is 99.2 Å². The number of aliphatic hydroxyl groups excluding tert-OH is 1. The van der Waals surface area contributed by atoms with E-state index in [9.17, 15) is 15.2 Å². The van der Waals surface area contributed by atoms with Gasteiger partial charge in [0.1, 0.15) is 6.10 Å². The fraction of sp³-hybridized carbons (Fsp3) is 0.500. The van der Waals surface area contributed by atoms with Gasteiger partial charge in [-0.3, -0.25) is 10.1 Å². The lowest BCUT2D eigenvalue weighted by molar-refractivity contribution is -0.386. The van der Waals surface area contributed by atoms with Gasteiger partial charge in [-0.2, -0.15) is 0 Å². The highest BCUT2D eigenvalue weighted by Gasteiger charge is 2.29. The molecule has 1 aromatic rings. The maximum atomic E-state index is 10.9. The van der Waals surface area contributed by atoms with Gasteiger partial charge in [0.25, 0.3) is 0 Å². The van der Waals surface area contributed by atoms with Crippen molar-refractivity contribution in [3.63, 3.8) is 0 Å². The Morgan fingerprint density at radius 1 is 1.47 bits per heavy atom. The number of para-hydroxylation sites is 1. The fourth-order valence-electron chi connectivity index (χ4n) is 2.13. The normalized spacial score (nSPS) is 23.6. The van der Waals surface area contributed by atoms with E-state index in [-0.39, 0.29) is 17.5 Å². The SMILES string of the molecule is Cc1cccc([N+](=O)[O-])c1O[C@H]1CCC[C@@H]1O. The molecule has 1 aliphatic rings. The molecule has 0 radical (unpaired) electrons. The maximum absolute atomic E-state index is 10.9. The van der Waals surface area contributed by atoms with Crippen LogP contribution < -0.4 is 4.74 Å². The zero-order valence-electron chi connectivity index (χ0n) is 9.63. The lowest BCUT2D eigenvalue weighted by atomic mass is 10.2. The van der Waals surface area contributed by atoms with Gasteiger partial charge in [-0.15, -0.1) is 0 Å². The van der Waals surface area contributed by atoms with Crippen LogP contribution in [0.3, 0.4) is 0 Å². The second-order valence-electron chi connectivity index (χ2n) is 4.33. The van der Waals surface area contributed by atoms with Crippen molar-refractivity contribution in [2.45, 2.75) is 38.4 Å². The minimum absolute atomic E-state index is 0.0379. The largest absolute Gasteiger partial charge is 0.481 e. The molecule has 5 nitrogen and oxygen atoms in total. The van der Waals surface area contributed by atoms with Crippen molar-refractivity contribution in [1.82, 2.24) is 0 Å². The average molecular weight is 237 g/mol. The number of ether oxygens (including phenoxy) is 1. The van der Waals surface area contributed by atoms with Crippen molar-refractivity contribution in [3.05, 3.63) is 33.9 Å². The van der Waals surface area contributed by atoms with Gasteiger partial charge in [-0.05, 0) is 31.7 Å². The third-order valence-electron chi connectivity index (χ3n) is 3.07. The van der Waals surface area contributed by atoms with Gasteiger partial charge < -0.3 is 9.84 Å². The number of hydrogen-bond donors (Lipinski definition) is 1. The number of nitrogens with zero attached hydrogens (tertiary/aromatic N) is 1. The first-order valence-corrected chi connectivity index (χ1v) is 5.68. The van der Waals surface area contributed by atoms with Crippen LogP contribution in [-0.2, 0) is 0 Å². The van der Waals surface area contributed by atoms with Crippen LogP contribution in [-0.4, -0.2) is 22.2 Å². The van der Waals surface area contributed by atoms with Crippen molar-refractivity contribution in [3.8, 4) is 5.75 Å². The van der Waals surface area contributed by atoms with Crippen molar-refractivity contribution in [2.75, 3.05) is 0 Å². The number of aliphatic hydroxyl groups is 1. The fourth-order valence-corrected chi connectivity index (χ4v) is 2.13. The van der Waals surface area contributed by atoms with E-state index < -0.39 is 11.0 Å². The Balaban J connectivity index is 2.27. The molecule has 0 aromatic heterocycles. The molecular formula is C12H15NO4. The summed E-state index contributed by atoms with van der Waals surface area (Å²) in [6, 6.07) is 4.82. The first-order valence-electron chi connectivity index (χ1n) is 5.68. The molecule has 1 saturated carbocycles. The van der Waals surface area contributed by atoms with Crippen molar-refractivity contribution >= 4 is 5.69 Å². The molecule has 2 atom stereocenters. The van der Waals surface area contributed by atoms with Gasteiger partial charge in [-0.1, -0.05) is 12.1 Å². The molecule has 0 heterocycles. The van der Waals surface area contributed by atoms with Gasteiger partial charge in [0.15, 0.2) is 5.75 Å². The summed E-state index contributed by atoms with van der Waals surface area (Å²) in [6.45, 7) is 1.77. The smallest absolute Gasteiger partial charge is 0.311 e. The van der Waals surface area contributed by atoms with E-state index in [0.717, 1.165) is 18.4 Å².